The monoisotopic (exact) mass is 471 g/mol. The second kappa shape index (κ2) is 9.60. The zero-order chi connectivity index (χ0) is 22.6. The molecule has 3 aromatic rings. The summed E-state index contributed by atoms with van der Waals surface area (Å²) in [4.78, 5) is 14.9. The van der Waals surface area contributed by atoms with Crippen LogP contribution in [0.15, 0.2) is 77.7 Å². The van der Waals surface area contributed by atoms with Crippen molar-refractivity contribution in [2.24, 2.45) is 0 Å². The van der Waals surface area contributed by atoms with Crippen LogP contribution in [0.25, 0.3) is 0 Å². The Morgan fingerprint density at radius 1 is 0.906 bits per heavy atom. The third-order valence-electron chi connectivity index (χ3n) is 5.01. The highest BCUT2D eigenvalue weighted by Gasteiger charge is 2.15. The topological polar surface area (TPSA) is 87.7 Å². The number of rotatable bonds is 6. The maximum Gasteiger partial charge on any atom is 0.261 e. The summed E-state index contributed by atoms with van der Waals surface area (Å²) in [6, 6.07) is 19.8. The molecule has 0 spiro atoms. The molecule has 1 amide bonds. The Bertz CT molecular complexity index is 1190. The van der Waals surface area contributed by atoms with E-state index in [0.29, 0.717) is 35.2 Å². The largest absolute Gasteiger partial charge is 0.378 e. The number of anilines is 3. The van der Waals surface area contributed by atoms with E-state index in [0.717, 1.165) is 18.8 Å². The first kappa shape index (κ1) is 22.1. The fourth-order valence-electron chi connectivity index (χ4n) is 3.33. The van der Waals surface area contributed by atoms with Gasteiger partial charge in [0.25, 0.3) is 15.9 Å². The maximum absolute atomic E-state index is 12.6. The molecular formula is C23H22ClN3O4S. The van der Waals surface area contributed by atoms with Crippen LogP contribution in [0, 0.1) is 0 Å². The van der Waals surface area contributed by atoms with Crippen molar-refractivity contribution in [3.63, 3.8) is 0 Å². The quantitative estimate of drug-likeness (QED) is 0.561. The molecule has 0 aliphatic carbocycles. The van der Waals surface area contributed by atoms with Gasteiger partial charge in [-0.3, -0.25) is 9.52 Å². The molecule has 1 aliphatic heterocycles. The molecule has 7 nitrogen and oxygen atoms in total. The van der Waals surface area contributed by atoms with Gasteiger partial charge in [0.15, 0.2) is 0 Å². The molecule has 2 N–H and O–H groups in total. The number of carbonyl (C=O) groups is 1. The predicted octanol–water partition coefficient (Wildman–Crippen LogP) is 4.23. The lowest BCUT2D eigenvalue weighted by molar-refractivity contribution is 0.102. The van der Waals surface area contributed by atoms with Gasteiger partial charge in [-0.05, 0) is 66.7 Å². The highest BCUT2D eigenvalue weighted by molar-refractivity contribution is 7.92. The molecule has 0 unspecified atom stereocenters. The molecule has 9 heteroatoms. The van der Waals surface area contributed by atoms with Gasteiger partial charge in [-0.25, -0.2) is 8.42 Å². The predicted molar refractivity (Wildman–Crippen MR) is 126 cm³/mol. The second-order valence-electron chi connectivity index (χ2n) is 7.24. The summed E-state index contributed by atoms with van der Waals surface area (Å²) >= 11 is 5.91. The van der Waals surface area contributed by atoms with Gasteiger partial charge >= 0.3 is 0 Å². The van der Waals surface area contributed by atoms with E-state index in [9.17, 15) is 13.2 Å². The van der Waals surface area contributed by atoms with Crippen molar-refractivity contribution in [2.75, 3.05) is 41.2 Å². The lowest BCUT2D eigenvalue weighted by atomic mass is 10.1. The zero-order valence-corrected chi connectivity index (χ0v) is 18.7. The third-order valence-corrected chi connectivity index (χ3v) is 6.64. The molecule has 4 rings (SSSR count). The first-order valence-electron chi connectivity index (χ1n) is 10.0. The molecule has 1 fully saturated rings. The van der Waals surface area contributed by atoms with E-state index in [1.165, 1.54) is 18.2 Å². The molecule has 1 saturated heterocycles. The van der Waals surface area contributed by atoms with Crippen LogP contribution >= 0.6 is 11.6 Å². The first-order chi connectivity index (χ1) is 15.4. The number of sulfonamides is 1. The summed E-state index contributed by atoms with van der Waals surface area (Å²) < 4.78 is 33.0. The van der Waals surface area contributed by atoms with Crippen LogP contribution in [0.5, 0.6) is 0 Å². The normalized spacial score (nSPS) is 14.1. The molecule has 0 aromatic heterocycles. The first-order valence-corrected chi connectivity index (χ1v) is 11.9. The van der Waals surface area contributed by atoms with E-state index in [2.05, 4.69) is 14.9 Å². The summed E-state index contributed by atoms with van der Waals surface area (Å²) in [5, 5.41) is 3.22. The van der Waals surface area contributed by atoms with Crippen LogP contribution in [-0.4, -0.2) is 40.6 Å². The zero-order valence-electron chi connectivity index (χ0n) is 17.1. The number of benzene rings is 3. The van der Waals surface area contributed by atoms with Crippen molar-refractivity contribution >= 4 is 44.6 Å². The van der Waals surface area contributed by atoms with Gasteiger partial charge in [0, 0.05) is 35.1 Å². The lowest BCUT2D eigenvalue weighted by Crippen LogP contribution is -2.36. The number of nitrogens with one attached hydrogen (secondary N) is 2. The highest BCUT2D eigenvalue weighted by atomic mass is 35.5. The van der Waals surface area contributed by atoms with E-state index in [4.69, 9.17) is 16.3 Å². The van der Waals surface area contributed by atoms with Crippen LogP contribution in [0.4, 0.5) is 17.1 Å². The molecule has 0 atom stereocenters. The summed E-state index contributed by atoms with van der Waals surface area (Å²) in [7, 11) is -3.78. The smallest absolute Gasteiger partial charge is 0.261 e. The minimum atomic E-state index is -3.78. The number of amides is 1. The van der Waals surface area contributed by atoms with Crippen molar-refractivity contribution in [2.45, 2.75) is 4.90 Å². The number of ether oxygens (including phenoxy) is 1. The van der Waals surface area contributed by atoms with Gasteiger partial charge in [0.2, 0.25) is 0 Å². The summed E-state index contributed by atoms with van der Waals surface area (Å²) in [5.41, 5.74) is 2.43. The number of hydrogen-bond donors (Lipinski definition) is 2. The maximum atomic E-state index is 12.6. The van der Waals surface area contributed by atoms with Crippen molar-refractivity contribution in [1.82, 2.24) is 0 Å². The second-order valence-corrected chi connectivity index (χ2v) is 9.36. The summed E-state index contributed by atoms with van der Waals surface area (Å²) in [5.74, 6) is -0.272. The van der Waals surface area contributed by atoms with Gasteiger partial charge in [0.1, 0.15) is 0 Å². The minimum absolute atomic E-state index is 0.0744. The number of hydrogen-bond acceptors (Lipinski definition) is 5. The standard InChI is InChI=1S/C23H22ClN3O4S/c24-18-2-1-3-20(16-18)26-32(29,30)22-10-6-19(7-11-22)25-23(28)17-4-8-21(9-5-17)27-12-14-31-15-13-27/h1-11,16,26H,12-15H2,(H,25,28). The third kappa shape index (κ3) is 5.40. The Morgan fingerprint density at radius 2 is 1.59 bits per heavy atom. The van der Waals surface area contributed by atoms with Gasteiger partial charge in [-0.1, -0.05) is 17.7 Å². The van der Waals surface area contributed by atoms with Crippen molar-refractivity contribution in [3.8, 4) is 0 Å². The van der Waals surface area contributed by atoms with Gasteiger partial charge in [-0.2, -0.15) is 0 Å². The van der Waals surface area contributed by atoms with Gasteiger partial charge in [-0.15, -0.1) is 0 Å². The Balaban J connectivity index is 1.40. The molecule has 0 saturated carbocycles. The minimum Gasteiger partial charge on any atom is -0.378 e. The van der Waals surface area contributed by atoms with Crippen molar-refractivity contribution < 1.29 is 17.9 Å². The molecule has 3 aromatic carbocycles. The molecule has 0 radical (unpaired) electrons. The summed E-state index contributed by atoms with van der Waals surface area (Å²) in [6.45, 7) is 3.05. The van der Waals surface area contributed by atoms with Crippen LogP contribution in [-0.2, 0) is 14.8 Å². The van der Waals surface area contributed by atoms with E-state index in [1.54, 1.807) is 42.5 Å². The fourth-order valence-corrected chi connectivity index (χ4v) is 4.57. The molecule has 1 heterocycles. The average molecular weight is 472 g/mol. The SMILES string of the molecule is O=C(Nc1ccc(S(=O)(=O)Nc2cccc(Cl)c2)cc1)c1ccc(N2CCOCC2)cc1. The fraction of sp³-hybridized carbons (Fsp3) is 0.174. The van der Waals surface area contributed by atoms with Crippen LogP contribution < -0.4 is 14.9 Å². The van der Waals surface area contributed by atoms with Crippen LogP contribution in [0.3, 0.4) is 0 Å². The Labute approximate surface area is 192 Å². The number of halogens is 1. The van der Waals surface area contributed by atoms with Crippen LogP contribution in [0.1, 0.15) is 10.4 Å². The molecule has 32 heavy (non-hydrogen) atoms. The molecular weight excluding hydrogens is 450 g/mol. The molecule has 0 bridgehead atoms. The van der Waals surface area contributed by atoms with Crippen molar-refractivity contribution in [3.05, 3.63) is 83.4 Å². The number of nitrogens with zero attached hydrogens (tertiary/aromatic N) is 1. The molecule has 166 valence electrons. The Hall–Kier alpha value is -3.07. The Kier molecular flexibility index (Phi) is 6.64. The highest BCUT2D eigenvalue weighted by Crippen LogP contribution is 2.22. The van der Waals surface area contributed by atoms with E-state index in [-0.39, 0.29) is 10.8 Å². The van der Waals surface area contributed by atoms with E-state index in [1.807, 2.05) is 12.1 Å². The molecule has 1 aliphatic rings. The average Bonchev–Trinajstić information content (AvgIpc) is 2.80. The summed E-state index contributed by atoms with van der Waals surface area (Å²) in [6.07, 6.45) is 0. The number of morpholine rings is 1. The number of carbonyl (C=O) groups excluding carboxylic acids is 1. The lowest BCUT2D eigenvalue weighted by Gasteiger charge is -2.28. The van der Waals surface area contributed by atoms with Gasteiger partial charge < -0.3 is 15.0 Å². The van der Waals surface area contributed by atoms with E-state index < -0.39 is 10.0 Å². The van der Waals surface area contributed by atoms with E-state index >= 15 is 0 Å². The van der Waals surface area contributed by atoms with Gasteiger partial charge in [0.05, 0.1) is 23.8 Å². The Morgan fingerprint density at radius 3 is 2.25 bits per heavy atom. The van der Waals surface area contributed by atoms with Crippen molar-refractivity contribution in [1.29, 1.82) is 0 Å². The van der Waals surface area contributed by atoms with Crippen LogP contribution in [0.2, 0.25) is 5.02 Å².